The lowest BCUT2D eigenvalue weighted by atomic mass is 9.97. The maximum absolute atomic E-state index is 10.4. The lowest BCUT2D eigenvalue weighted by Gasteiger charge is -2.15. The molecule has 0 bridgehead atoms. The maximum Gasteiger partial charge on any atom is 0.151 e. The fourth-order valence-electron chi connectivity index (χ4n) is 3.56. The molecule has 6 heteroatoms. The molecule has 24 heavy (non-hydrogen) atoms. The highest BCUT2D eigenvalue weighted by molar-refractivity contribution is 5.86. The number of β-amino-alcohol motifs (C(OH)–C–C–N with tert-alkyl or cyclic N) is 1. The molecule has 3 aromatic rings. The molecule has 6 nitrogen and oxygen atoms in total. The predicted octanol–water partition coefficient (Wildman–Crippen LogP) is 1.58. The van der Waals surface area contributed by atoms with E-state index in [1.165, 1.54) is 11.9 Å². The molecule has 1 fully saturated rings. The number of aromatic amines is 1. The van der Waals surface area contributed by atoms with Gasteiger partial charge in [0.1, 0.15) is 11.8 Å². The number of nitrogen functional groups attached to an aromatic ring is 1. The number of aliphatic hydroxyl groups excluding tert-OH is 1. The maximum atomic E-state index is 10.4. The zero-order valence-corrected chi connectivity index (χ0v) is 13.4. The summed E-state index contributed by atoms with van der Waals surface area (Å²) in [7, 11) is 0. The first-order chi connectivity index (χ1) is 11.7. The summed E-state index contributed by atoms with van der Waals surface area (Å²) in [4.78, 5) is 13.8. The van der Waals surface area contributed by atoms with E-state index in [0.29, 0.717) is 12.4 Å². The first kappa shape index (κ1) is 15.1. The van der Waals surface area contributed by atoms with Gasteiger partial charge in [-0.3, -0.25) is 4.90 Å². The van der Waals surface area contributed by atoms with Crippen molar-refractivity contribution < 1.29 is 5.11 Å². The number of hydrogen-bond acceptors (Lipinski definition) is 5. The van der Waals surface area contributed by atoms with Crippen LogP contribution in [0.3, 0.4) is 0 Å². The molecule has 4 rings (SSSR count). The number of benzene rings is 1. The Morgan fingerprint density at radius 2 is 2.04 bits per heavy atom. The minimum Gasteiger partial charge on any atom is -0.391 e. The summed E-state index contributed by atoms with van der Waals surface area (Å²) in [5.74, 6) is 0.729. The summed E-state index contributed by atoms with van der Waals surface area (Å²) in [6.07, 6.45) is 4.04. The van der Waals surface area contributed by atoms with Gasteiger partial charge in [-0.15, -0.1) is 0 Å². The summed E-state index contributed by atoms with van der Waals surface area (Å²) >= 11 is 0. The van der Waals surface area contributed by atoms with Crippen LogP contribution in [0.15, 0.2) is 42.9 Å². The SMILES string of the molecule is Nc1ncnc2c(CN3CC(O)[C@@H](Cc4ccccc4)C3)c[nH]c12. The Morgan fingerprint density at radius 3 is 2.88 bits per heavy atom. The fourth-order valence-corrected chi connectivity index (χ4v) is 3.56. The average Bonchev–Trinajstić information content (AvgIpc) is 3.14. The van der Waals surface area contributed by atoms with E-state index >= 15 is 0 Å². The number of nitrogens with zero attached hydrogens (tertiary/aromatic N) is 3. The van der Waals surface area contributed by atoms with Crippen LogP contribution < -0.4 is 5.73 Å². The molecular formula is C18H21N5O. The molecule has 124 valence electrons. The number of nitrogens with one attached hydrogen (secondary N) is 1. The topological polar surface area (TPSA) is 91.1 Å². The van der Waals surface area contributed by atoms with Crippen molar-refractivity contribution in [3.05, 3.63) is 54.0 Å². The number of aliphatic hydroxyl groups is 1. The summed E-state index contributed by atoms with van der Waals surface area (Å²) in [5, 5.41) is 10.4. The number of likely N-dealkylation sites (tertiary alicyclic amines) is 1. The number of rotatable bonds is 4. The van der Waals surface area contributed by atoms with Crippen LogP contribution in [0.25, 0.3) is 11.0 Å². The van der Waals surface area contributed by atoms with Gasteiger partial charge in [-0.25, -0.2) is 9.97 Å². The van der Waals surface area contributed by atoms with Crippen LogP contribution in [-0.4, -0.2) is 44.2 Å². The predicted molar refractivity (Wildman–Crippen MR) is 93.2 cm³/mol. The van der Waals surface area contributed by atoms with E-state index in [1.54, 1.807) is 0 Å². The highest BCUT2D eigenvalue weighted by atomic mass is 16.3. The van der Waals surface area contributed by atoms with Crippen LogP contribution >= 0.6 is 0 Å². The van der Waals surface area contributed by atoms with Crippen molar-refractivity contribution in [3.8, 4) is 0 Å². The second-order valence-electron chi connectivity index (χ2n) is 6.51. The molecule has 0 saturated carbocycles. The van der Waals surface area contributed by atoms with Gasteiger partial charge in [0.2, 0.25) is 0 Å². The molecule has 0 amide bonds. The Morgan fingerprint density at radius 1 is 1.21 bits per heavy atom. The van der Waals surface area contributed by atoms with E-state index in [4.69, 9.17) is 5.73 Å². The molecule has 1 aliphatic heterocycles. The third kappa shape index (κ3) is 2.86. The Balaban J connectivity index is 1.47. The van der Waals surface area contributed by atoms with E-state index in [-0.39, 0.29) is 12.0 Å². The Hall–Kier alpha value is -2.44. The van der Waals surface area contributed by atoms with E-state index in [9.17, 15) is 5.11 Å². The zero-order chi connectivity index (χ0) is 16.5. The van der Waals surface area contributed by atoms with Crippen molar-refractivity contribution in [1.82, 2.24) is 19.9 Å². The number of nitrogens with two attached hydrogens (primary N) is 1. The normalized spacial score (nSPS) is 21.5. The number of H-pyrrole nitrogens is 1. The molecule has 1 aliphatic rings. The quantitative estimate of drug-likeness (QED) is 0.678. The van der Waals surface area contributed by atoms with Crippen molar-refractivity contribution in [3.63, 3.8) is 0 Å². The highest BCUT2D eigenvalue weighted by Crippen LogP contribution is 2.26. The Labute approximate surface area is 140 Å². The third-order valence-electron chi connectivity index (χ3n) is 4.79. The lowest BCUT2D eigenvalue weighted by molar-refractivity contribution is 0.141. The van der Waals surface area contributed by atoms with Gasteiger partial charge in [0.15, 0.2) is 5.82 Å². The van der Waals surface area contributed by atoms with Crippen LogP contribution in [-0.2, 0) is 13.0 Å². The molecule has 3 heterocycles. The van der Waals surface area contributed by atoms with Gasteiger partial charge >= 0.3 is 0 Å². The van der Waals surface area contributed by atoms with Crippen LogP contribution in [0.4, 0.5) is 5.82 Å². The Bertz CT molecular complexity index is 832. The molecule has 1 saturated heterocycles. The largest absolute Gasteiger partial charge is 0.391 e. The first-order valence-electron chi connectivity index (χ1n) is 8.21. The number of hydrogen-bond donors (Lipinski definition) is 3. The van der Waals surface area contributed by atoms with Crippen LogP contribution in [0.2, 0.25) is 0 Å². The van der Waals surface area contributed by atoms with Crippen molar-refractivity contribution in [1.29, 1.82) is 0 Å². The molecule has 0 spiro atoms. The van der Waals surface area contributed by atoms with E-state index in [1.807, 2.05) is 24.4 Å². The number of anilines is 1. The third-order valence-corrected chi connectivity index (χ3v) is 4.79. The minimum atomic E-state index is -0.296. The lowest BCUT2D eigenvalue weighted by Crippen LogP contribution is -2.21. The van der Waals surface area contributed by atoms with E-state index < -0.39 is 0 Å². The minimum absolute atomic E-state index is 0.261. The molecule has 1 aromatic carbocycles. The van der Waals surface area contributed by atoms with Crippen LogP contribution in [0.5, 0.6) is 0 Å². The van der Waals surface area contributed by atoms with Gasteiger partial charge in [0.05, 0.1) is 11.6 Å². The van der Waals surface area contributed by atoms with Gasteiger partial charge in [-0.05, 0) is 12.0 Å². The molecule has 4 N–H and O–H groups in total. The highest BCUT2D eigenvalue weighted by Gasteiger charge is 2.31. The molecular weight excluding hydrogens is 302 g/mol. The van der Waals surface area contributed by atoms with Crippen molar-refractivity contribution >= 4 is 16.9 Å². The number of fused-ring (bicyclic) bond motifs is 1. The van der Waals surface area contributed by atoms with E-state index in [0.717, 1.165) is 36.1 Å². The van der Waals surface area contributed by atoms with E-state index in [2.05, 4.69) is 32.0 Å². The van der Waals surface area contributed by atoms with Crippen molar-refractivity contribution in [2.24, 2.45) is 5.92 Å². The van der Waals surface area contributed by atoms with Crippen molar-refractivity contribution in [2.75, 3.05) is 18.8 Å². The van der Waals surface area contributed by atoms with Gasteiger partial charge in [0, 0.05) is 37.3 Å². The molecule has 2 atom stereocenters. The summed E-state index contributed by atoms with van der Waals surface area (Å²) in [6.45, 7) is 2.31. The monoisotopic (exact) mass is 323 g/mol. The fraction of sp³-hybridized carbons (Fsp3) is 0.333. The first-order valence-corrected chi connectivity index (χ1v) is 8.21. The van der Waals surface area contributed by atoms with Crippen molar-refractivity contribution in [2.45, 2.75) is 19.1 Å². The number of aromatic nitrogens is 3. The van der Waals surface area contributed by atoms with Crippen LogP contribution in [0.1, 0.15) is 11.1 Å². The molecule has 1 unspecified atom stereocenters. The van der Waals surface area contributed by atoms with Gasteiger partial charge in [0.25, 0.3) is 0 Å². The smallest absolute Gasteiger partial charge is 0.151 e. The zero-order valence-electron chi connectivity index (χ0n) is 13.4. The summed E-state index contributed by atoms with van der Waals surface area (Å²) < 4.78 is 0. The second-order valence-corrected chi connectivity index (χ2v) is 6.51. The molecule has 0 radical (unpaired) electrons. The van der Waals surface area contributed by atoms with Crippen LogP contribution in [0, 0.1) is 5.92 Å². The van der Waals surface area contributed by atoms with Gasteiger partial charge in [-0.2, -0.15) is 0 Å². The molecule has 0 aliphatic carbocycles. The summed E-state index contributed by atoms with van der Waals surface area (Å²) in [5.41, 5.74) is 9.88. The average molecular weight is 323 g/mol. The standard InChI is InChI=1S/C18H21N5O/c19-18-17-16(21-11-22-18)14(7-20-17)9-23-8-13(15(24)10-23)6-12-4-2-1-3-5-12/h1-5,7,11,13,15,20,24H,6,8-10H2,(H2,19,21,22)/t13-,15?/m0/s1. The van der Waals surface area contributed by atoms with Gasteiger partial charge < -0.3 is 15.8 Å². The Kier molecular flexibility index (Phi) is 3.92. The molecule has 2 aromatic heterocycles. The summed E-state index contributed by atoms with van der Waals surface area (Å²) in [6, 6.07) is 10.4. The van der Waals surface area contributed by atoms with Gasteiger partial charge in [-0.1, -0.05) is 30.3 Å². The second kappa shape index (κ2) is 6.22.